The number of alkyl halides is 1. The second kappa shape index (κ2) is 8.27. The van der Waals surface area contributed by atoms with Crippen molar-refractivity contribution in [2.45, 2.75) is 45.5 Å². The Morgan fingerprint density at radius 1 is 1.33 bits per heavy atom. The Morgan fingerprint density at radius 2 is 2.07 bits per heavy atom. The Hall–Kier alpha value is -3.20. The molecule has 0 radical (unpaired) electrons. The third-order valence-electron chi connectivity index (χ3n) is 4.54. The summed E-state index contributed by atoms with van der Waals surface area (Å²) in [7, 11) is 0. The molecule has 2 heterocycles. The van der Waals surface area contributed by atoms with Crippen molar-refractivity contribution in [2.75, 3.05) is 17.6 Å². The number of nitrogens with two attached hydrogens (primary N) is 1. The molecule has 0 bridgehead atoms. The van der Waals surface area contributed by atoms with Gasteiger partial charge in [0.25, 0.3) is 5.91 Å². The molecular weight excluding hydrogens is 387 g/mol. The first-order valence-corrected chi connectivity index (χ1v) is 9.72. The van der Waals surface area contributed by atoms with Gasteiger partial charge in [-0.1, -0.05) is 12.1 Å². The smallest absolute Gasteiger partial charge is 0.256 e. The average molecular weight is 414 g/mol. The maximum Gasteiger partial charge on any atom is 0.256 e. The predicted molar refractivity (Wildman–Crippen MR) is 115 cm³/mol. The molecule has 30 heavy (non-hydrogen) atoms. The first-order chi connectivity index (χ1) is 14.1. The van der Waals surface area contributed by atoms with Crippen LogP contribution in [-0.2, 0) is 0 Å². The van der Waals surface area contributed by atoms with Gasteiger partial charge in [0, 0.05) is 29.6 Å². The molecule has 0 fully saturated rings. The Kier molecular flexibility index (Phi) is 5.93. The van der Waals surface area contributed by atoms with Gasteiger partial charge in [0.2, 0.25) is 0 Å². The number of nitrogen functional groups attached to an aromatic ring is 1. The van der Waals surface area contributed by atoms with Crippen LogP contribution in [0.2, 0.25) is 0 Å². The van der Waals surface area contributed by atoms with Gasteiger partial charge >= 0.3 is 0 Å². The number of hydrogen-bond donors (Lipinski definition) is 4. The number of rotatable bonds is 7. The molecule has 160 valence electrons. The lowest BCUT2D eigenvalue weighted by molar-refractivity contribution is -0.00177. The van der Waals surface area contributed by atoms with E-state index in [4.69, 9.17) is 5.73 Å². The summed E-state index contributed by atoms with van der Waals surface area (Å²) in [5.74, 6) is -0.0678. The lowest BCUT2D eigenvalue weighted by Gasteiger charge is -2.22. The third kappa shape index (κ3) is 4.68. The van der Waals surface area contributed by atoms with Gasteiger partial charge in [0.05, 0.1) is 17.8 Å². The van der Waals surface area contributed by atoms with Gasteiger partial charge in [-0.05, 0) is 39.8 Å². The third-order valence-corrected chi connectivity index (χ3v) is 4.54. The van der Waals surface area contributed by atoms with Crippen LogP contribution in [0.25, 0.3) is 16.9 Å². The van der Waals surface area contributed by atoms with Crippen LogP contribution in [0, 0.1) is 0 Å². The first kappa shape index (κ1) is 21.5. The van der Waals surface area contributed by atoms with Crippen LogP contribution in [-0.4, -0.2) is 50.0 Å². The van der Waals surface area contributed by atoms with E-state index in [9.17, 15) is 14.3 Å². The van der Waals surface area contributed by atoms with E-state index in [0.717, 1.165) is 5.56 Å². The van der Waals surface area contributed by atoms with E-state index in [0.29, 0.717) is 22.8 Å². The van der Waals surface area contributed by atoms with E-state index >= 15 is 0 Å². The lowest BCUT2D eigenvalue weighted by Crippen LogP contribution is -2.42. The van der Waals surface area contributed by atoms with Crippen molar-refractivity contribution in [3.8, 4) is 11.3 Å². The number of fused-ring (bicyclic) bond motifs is 1. The topological polar surface area (TPSA) is 118 Å². The van der Waals surface area contributed by atoms with E-state index in [2.05, 4.69) is 20.7 Å². The summed E-state index contributed by atoms with van der Waals surface area (Å²) in [6, 6.07) is 9.13. The van der Waals surface area contributed by atoms with Crippen molar-refractivity contribution in [3.63, 3.8) is 0 Å². The molecule has 3 rings (SSSR count). The summed E-state index contributed by atoms with van der Waals surface area (Å²) < 4.78 is 15.6. The van der Waals surface area contributed by atoms with Crippen molar-refractivity contribution >= 4 is 23.1 Å². The van der Waals surface area contributed by atoms with Crippen molar-refractivity contribution in [1.82, 2.24) is 19.9 Å². The predicted octanol–water partition coefficient (Wildman–Crippen LogP) is 2.64. The van der Waals surface area contributed by atoms with Crippen LogP contribution in [0.4, 0.5) is 15.9 Å². The Labute approximate surface area is 174 Å². The SMILES string of the molecule is CC(C)Nc1c(C(=O)NC[C@@H](F)C(C)(C)O)cnc2cc(-c3cccc(N)c3)nn12. The molecular formula is C21H27FN6O2. The van der Waals surface area contributed by atoms with E-state index in [1.54, 1.807) is 16.6 Å². The number of halogens is 1. The number of anilines is 2. The van der Waals surface area contributed by atoms with E-state index in [-0.39, 0.29) is 18.2 Å². The Morgan fingerprint density at radius 3 is 2.70 bits per heavy atom. The van der Waals surface area contributed by atoms with Gasteiger partial charge in [0.15, 0.2) is 5.65 Å². The zero-order chi connectivity index (χ0) is 22.1. The highest BCUT2D eigenvalue weighted by molar-refractivity contribution is 5.99. The number of nitrogens with one attached hydrogen (secondary N) is 2. The van der Waals surface area contributed by atoms with E-state index in [1.807, 2.05) is 32.0 Å². The maximum absolute atomic E-state index is 14.0. The zero-order valence-corrected chi connectivity index (χ0v) is 17.5. The standard InChI is InChI=1S/C21H27FN6O2/c1-12(2)26-19-15(20(29)25-11-17(22)21(3,4)30)10-24-18-9-16(27-28(18)19)13-6-5-7-14(23)8-13/h5-10,12,17,26,30H,11,23H2,1-4H3,(H,25,29)/t17-/m1/s1. The summed E-state index contributed by atoms with van der Waals surface area (Å²) in [6.45, 7) is 6.25. The fraction of sp³-hybridized carbons (Fsp3) is 0.381. The molecule has 2 aromatic heterocycles. The Bertz CT molecular complexity index is 1060. The summed E-state index contributed by atoms with van der Waals surface area (Å²) >= 11 is 0. The minimum atomic E-state index is -1.61. The number of amides is 1. The summed E-state index contributed by atoms with van der Waals surface area (Å²) in [4.78, 5) is 17.1. The molecule has 0 aliphatic rings. The number of benzene rings is 1. The van der Waals surface area contributed by atoms with Gasteiger partial charge in [-0.25, -0.2) is 9.37 Å². The molecule has 1 atom stereocenters. The highest BCUT2D eigenvalue weighted by Gasteiger charge is 2.27. The van der Waals surface area contributed by atoms with Crippen molar-refractivity contribution < 1.29 is 14.3 Å². The van der Waals surface area contributed by atoms with Gasteiger partial charge in [-0.3, -0.25) is 4.79 Å². The first-order valence-electron chi connectivity index (χ1n) is 9.72. The Balaban J connectivity index is 1.99. The maximum atomic E-state index is 14.0. The number of carbonyl (C=O) groups excluding carboxylic acids is 1. The average Bonchev–Trinajstić information content (AvgIpc) is 3.10. The second-order valence-electron chi connectivity index (χ2n) is 8.08. The second-order valence-corrected chi connectivity index (χ2v) is 8.08. The molecule has 0 spiro atoms. The van der Waals surface area contributed by atoms with Gasteiger partial charge < -0.3 is 21.5 Å². The number of nitrogens with zero attached hydrogens (tertiary/aromatic N) is 3. The molecule has 0 aliphatic heterocycles. The molecule has 5 N–H and O–H groups in total. The van der Waals surface area contributed by atoms with Gasteiger partial charge in [0.1, 0.15) is 17.6 Å². The largest absolute Gasteiger partial charge is 0.399 e. The van der Waals surface area contributed by atoms with Crippen LogP contribution < -0.4 is 16.4 Å². The number of carbonyl (C=O) groups is 1. The fourth-order valence-corrected chi connectivity index (χ4v) is 2.88. The number of hydrogen-bond acceptors (Lipinski definition) is 6. The summed E-state index contributed by atoms with van der Waals surface area (Å²) in [6.07, 6.45) is -0.183. The number of aromatic nitrogens is 3. The highest BCUT2D eigenvalue weighted by atomic mass is 19.1. The fourth-order valence-electron chi connectivity index (χ4n) is 2.88. The lowest BCUT2D eigenvalue weighted by atomic mass is 10.0. The minimum absolute atomic E-state index is 0.00692. The van der Waals surface area contributed by atoms with Crippen LogP contribution in [0.1, 0.15) is 38.1 Å². The van der Waals surface area contributed by atoms with E-state index < -0.39 is 17.7 Å². The van der Waals surface area contributed by atoms with Crippen molar-refractivity contribution in [3.05, 3.63) is 42.1 Å². The van der Waals surface area contributed by atoms with Crippen LogP contribution >= 0.6 is 0 Å². The summed E-state index contributed by atoms with van der Waals surface area (Å²) in [5, 5.41) is 20.1. The monoisotopic (exact) mass is 414 g/mol. The van der Waals surface area contributed by atoms with Gasteiger partial charge in [-0.15, -0.1) is 0 Å². The quantitative estimate of drug-likeness (QED) is 0.442. The van der Waals surface area contributed by atoms with Crippen molar-refractivity contribution in [2.24, 2.45) is 0 Å². The molecule has 0 unspecified atom stereocenters. The van der Waals surface area contributed by atoms with Gasteiger partial charge in [-0.2, -0.15) is 9.61 Å². The molecule has 1 aromatic carbocycles. The van der Waals surface area contributed by atoms with E-state index in [1.165, 1.54) is 20.0 Å². The molecule has 0 saturated heterocycles. The normalized spacial score (nSPS) is 12.9. The molecule has 0 saturated carbocycles. The molecule has 1 amide bonds. The summed E-state index contributed by atoms with van der Waals surface area (Å²) in [5.41, 5.74) is 7.19. The molecule has 9 heteroatoms. The minimum Gasteiger partial charge on any atom is -0.399 e. The molecule has 8 nitrogen and oxygen atoms in total. The highest BCUT2D eigenvalue weighted by Crippen LogP contribution is 2.25. The van der Waals surface area contributed by atoms with Crippen molar-refractivity contribution in [1.29, 1.82) is 0 Å². The van der Waals surface area contributed by atoms with Crippen LogP contribution in [0.15, 0.2) is 36.5 Å². The van der Waals surface area contributed by atoms with Crippen LogP contribution in [0.5, 0.6) is 0 Å². The number of aliphatic hydroxyl groups is 1. The molecule has 3 aromatic rings. The molecule has 0 aliphatic carbocycles. The van der Waals surface area contributed by atoms with Crippen LogP contribution in [0.3, 0.4) is 0 Å². The zero-order valence-electron chi connectivity index (χ0n) is 17.5.